The number of ether oxygens (including phenoxy) is 1. The Morgan fingerprint density at radius 1 is 1.03 bits per heavy atom. The molecular weight excluding hydrogens is 396 g/mol. The molecular formula is C23H18N4O2S. The molecule has 0 unspecified atom stereocenters. The molecule has 0 saturated carbocycles. The number of aromatic nitrogens is 4. The van der Waals surface area contributed by atoms with Crippen molar-refractivity contribution in [1.29, 1.82) is 0 Å². The summed E-state index contributed by atoms with van der Waals surface area (Å²) in [6, 6.07) is 21.1. The molecule has 0 amide bonds. The van der Waals surface area contributed by atoms with Crippen LogP contribution in [0.3, 0.4) is 0 Å². The number of hydrogen-bond donors (Lipinski definition) is 1. The van der Waals surface area contributed by atoms with Crippen LogP contribution < -0.4 is 10.3 Å². The van der Waals surface area contributed by atoms with Gasteiger partial charge in [-0.05, 0) is 30.3 Å². The Morgan fingerprint density at radius 2 is 1.83 bits per heavy atom. The van der Waals surface area contributed by atoms with Crippen LogP contribution in [0.25, 0.3) is 27.6 Å². The van der Waals surface area contributed by atoms with Gasteiger partial charge in [0, 0.05) is 22.9 Å². The van der Waals surface area contributed by atoms with E-state index in [4.69, 9.17) is 9.72 Å². The van der Waals surface area contributed by atoms with E-state index in [1.165, 1.54) is 11.8 Å². The van der Waals surface area contributed by atoms with Gasteiger partial charge in [0.15, 0.2) is 5.16 Å². The number of para-hydroxylation sites is 3. The maximum Gasteiger partial charge on any atom is 0.283 e. The van der Waals surface area contributed by atoms with Crippen LogP contribution in [0.4, 0.5) is 0 Å². The topological polar surface area (TPSA) is 72.8 Å². The first-order valence-electron chi connectivity index (χ1n) is 9.46. The smallest absolute Gasteiger partial charge is 0.283 e. The molecule has 0 saturated heterocycles. The first-order chi connectivity index (χ1) is 14.8. The van der Waals surface area contributed by atoms with Crippen molar-refractivity contribution in [2.45, 2.75) is 10.9 Å². The molecule has 2 aromatic carbocycles. The summed E-state index contributed by atoms with van der Waals surface area (Å²) >= 11 is 1.48. The molecule has 3 heterocycles. The molecule has 3 aromatic heterocycles. The summed E-state index contributed by atoms with van der Waals surface area (Å²) in [7, 11) is 1.60. The molecule has 0 aliphatic carbocycles. The van der Waals surface area contributed by atoms with Crippen LogP contribution in [0.2, 0.25) is 0 Å². The quantitative estimate of drug-likeness (QED) is 0.337. The van der Waals surface area contributed by atoms with Gasteiger partial charge in [0.2, 0.25) is 0 Å². The molecule has 5 aromatic rings. The Bertz CT molecular complexity index is 1410. The molecule has 1 N–H and O–H groups in total. The highest BCUT2D eigenvalue weighted by Crippen LogP contribution is 2.30. The van der Waals surface area contributed by atoms with Crippen molar-refractivity contribution in [1.82, 2.24) is 19.5 Å². The fourth-order valence-electron chi connectivity index (χ4n) is 3.49. The van der Waals surface area contributed by atoms with E-state index in [1.807, 2.05) is 66.7 Å². The minimum atomic E-state index is -0.163. The Balaban J connectivity index is 1.76. The number of fused-ring (bicyclic) bond motifs is 3. The van der Waals surface area contributed by atoms with Crippen molar-refractivity contribution in [2.24, 2.45) is 0 Å². The van der Waals surface area contributed by atoms with Crippen LogP contribution in [-0.4, -0.2) is 26.6 Å². The predicted octanol–water partition coefficient (Wildman–Crippen LogP) is 4.56. The van der Waals surface area contributed by atoms with Gasteiger partial charge in [0.25, 0.3) is 5.56 Å². The lowest BCUT2D eigenvalue weighted by atomic mass is 10.2. The molecule has 0 radical (unpaired) electrons. The standard InChI is InChI=1S/C23H18N4O2S/c1-29-19-12-5-4-11-18(19)27-22(28)21-20(16-9-2-3-10-17(16)25-21)26-23(27)30-14-15-8-6-7-13-24-15/h2-13,25H,14H2,1H3. The zero-order valence-electron chi connectivity index (χ0n) is 16.2. The second-order valence-corrected chi connectivity index (χ2v) is 7.65. The number of H-pyrrole nitrogens is 1. The molecule has 0 spiro atoms. The molecule has 148 valence electrons. The Hall–Kier alpha value is -3.58. The SMILES string of the molecule is COc1ccccc1-n1c(SCc2ccccn2)nc2c([nH]c3ccccc32)c1=O. The van der Waals surface area contributed by atoms with Gasteiger partial charge >= 0.3 is 0 Å². The maximum atomic E-state index is 13.6. The van der Waals surface area contributed by atoms with Crippen LogP contribution in [0.15, 0.2) is 82.9 Å². The Morgan fingerprint density at radius 3 is 2.67 bits per heavy atom. The summed E-state index contributed by atoms with van der Waals surface area (Å²) in [6.07, 6.45) is 1.76. The Kier molecular flexibility index (Phi) is 4.72. The minimum Gasteiger partial charge on any atom is -0.495 e. The van der Waals surface area contributed by atoms with E-state index in [0.717, 1.165) is 16.6 Å². The minimum absolute atomic E-state index is 0.163. The van der Waals surface area contributed by atoms with Crippen molar-refractivity contribution >= 4 is 33.7 Å². The maximum absolute atomic E-state index is 13.6. The van der Waals surface area contributed by atoms with Crippen LogP contribution in [-0.2, 0) is 5.75 Å². The average Bonchev–Trinajstić information content (AvgIpc) is 3.17. The lowest BCUT2D eigenvalue weighted by molar-refractivity contribution is 0.411. The van der Waals surface area contributed by atoms with Gasteiger partial charge in [-0.3, -0.25) is 9.78 Å². The van der Waals surface area contributed by atoms with Gasteiger partial charge in [0.1, 0.15) is 16.8 Å². The van der Waals surface area contributed by atoms with E-state index in [2.05, 4.69) is 9.97 Å². The van der Waals surface area contributed by atoms with Gasteiger partial charge in [0.05, 0.1) is 18.5 Å². The lowest BCUT2D eigenvalue weighted by Gasteiger charge is -2.14. The second kappa shape index (κ2) is 7.68. The third-order valence-corrected chi connectivity index (χ3v) is 5.87. The number of thioether (sulfide) groups is 1. The Labute approximate surface area is 176 Å². The van der Waals surface area contributed by atoms with Gasteiger partial charge in [-0.2, -0.15) is 0 Å². The molecule has 0 fully saturated rings. The second-order valence-electron chi connectivity index (χ2n) is 6.71. The highest BCUT2D eigenvalue weighted by molar-refractivity contribution is 7.98. The third-order valence-electron chi connectivity index (χ3n) is 4.90. The molecule has 0 aliphatic heterocycles. The average molecular weight is 414 g/mol. The number of nitrogens with one attached hydrogen (secondary N) is 1. The van der Waals surface area contributed by atoms with E-state index in [1.54, 1.807) is 17.9 Å². The predicted molar refractivity (Wildman–Crippen MR) is 120 cm³/mol. The van der Waals surface area contributed by atoms with Gasteiger partial charge in [-0.15, -0.1) is 0 Å². The van der Waals surface area contributed by atoms with Crippen molar-refractivity contribution in [2.75, 3.05) is 7.11 Å². The molecule has 6 nitrogen and oxygen atoms in total. The van der Waals surface area contributed by atoms with E-state index < -0.39 is 0 Å². The fraction of sp³-hybridized carbons (Fsp3) is 0.0870. The molecule has 0 aliphatic rings. The zero-order chi connectivity index (χ0) is 20.5. The summed E-state index contributed by atoms with van der Waals surface area (Å²) in [6.45, 7) is 0. The largest absolute Gasteiger partial charge is 0.495 e. The van der Waals surface area contributed by atoms with Gasteiger partial charge in [-0.25, -0.2) is 9.55 Å². The highest BCUT2D eigenvalue weighted by atomic mass is 32.2. The molecule has 30 heavy (non-hydrogen) atoms. The van der Waals surface area contributed by atoms with Crippen LogP contribution in [0.1, 0.15) is 5.69 Å². The summed E-state index contributed by atoms with van der Waals surface area (Å²) in [4.78, 5) is 26.1. The summed E-state index contributed by atoms with van der Waals surface area (Å²) < 4.78 is 7.14. The molecule has 0 bridgehead atoms. The number of methoxy groups -OCH3 is 1. The monoisotopic (exact) mass is 414 g/mol. The number of hydrogen-bond acceptors (Lipinski definition) is 5. The number of aromatic amines is 1. The zero-order valence-corrected chi connectivity index (χ0v) is 17.0. The fourth-order valence-corrected chi connectivity index (χ4v) is 4.40. The van der Waals surface area contributed by atoms with Crippen molar-refractivity contribution in [3.05, 3.63) is 89.0 Å². The first kappa shape index (κ1) is 18.4. The van der Waals surface area contributed by atoms with Gasteiger partial charge in [-0.1, -0.05) is 48.2 Å². The highest BCUT2D eigenvalue weighted by Gasteiger charge is 2.19. The summed E-state index contributed by atoms with van der Waals surface area (Å²) in [5.41, 5.74) is 3.44. The van der Waals surface area contributed by atoms with Crippen molar-refractivity contribution in [3.63, 3.8) is 0 Å². The number of nitrogens with zero attached hydrogens (tertiary/aromatic N) is 3. The number of benzene rings is 2. The van der Waals surface area contributed by atoms with Crippen molar-refractivity contribution < 1.29 is 4.74 Å². The van der Waals surface area contributed by atoms with E-state index in [-0.39, 0.29) is 5.56 Å². The molecule has 5 rings (SSSR count). The van der Waals surface area contributed by atoms with Gasteiger partial charge < -0.3 is 9.72 Å². The van der Waals surface area contributed by atoms with Crippen LogP contribution in [0.5, 0.6) is 5.75 Å². The lowest BCUT2D eigenvalue weighted by Crippen LogP contribution is -2.22. The van der Waals surface area contributed by atoms with Crippen LogP contribution >= 0.6 is 11.8 Å². The summed E-state index contributed by atoms with van der Waals surface area (Å²) in [5, 5.41) is 1.52. The van der Waals surface area contributed by atoms with E-state index in [9.17, 15) is 4.79 Å². The summed E-state index contributed by atoms with van der Waals surface area (Å²) in [5.74, 6) is 1.20. The van der Waals surface area contributed by atoms with E-state index >= 15 is 0 Å². The van der Waals surface area contributed by atoms with Crippen molar-refractivity contribution in [3.8, 4) is 11.4 Å². The normalized spacial score (nSPS) is 11.2. The first-order valence-corrected chi connectivity index (χ1v) is 10.4. The van der Waals surface area contributed by atoms with Crippen LogP contribution in [0, 0.1) is 0 Å². The molecule has 0 atom stereocenters. The molecule has 7 heteroatoms. The third kappa shape index (κ3) is 3.13. The number of rotatable bonds is 5. The number of pyridine rings is 1. The van der Waals surface area contributed by atoms with E-state index in [0.29, 0.717) is 33.4 Å².